The largest absolute Gasteiger partial charge is 0.293 e. The fourth-order valence-corrected chi connectivity index (χ4v) is 3.24. The highest BCUT2D eigenvalue weighted by Crippen LogP contribution is 2.17. The van der Waals surface area contributed by atoms with Crippen LogP contribution in [0.2, 0.25) is 5.02 Å². The van der Waals surface area contributed by atoms with Gasteiger partial charge in [-0.15, -0.1) is 0 Å². The van der Waals surface area contributed by atoms with Crippen LogP contribution >= 0.6 is 43.5 Å². The molecule has 1 amide bonds. The summed E-state index contributed by atoms with van der Waals surface area (Å²) in [5.74, 6) is -0.381. The van der Waals surface area contributed by atoms with E-state index in [1.165, 1.54) is 0 Å². The molecule has 0 atom stereocenters. The van der Waals surface area contributed by atoms with Crippen LogP contribution in [0.3, 0.4) is 0 Å². The van der Waals surface area contributed by atoms with Crippen molar-refractivity contribution in [1.29, 1.82) is 0 Å². The van der Waals surface area contributed by atoms with Gasteiger partial charge in [-0.2, -0.15) is 10.2 Å². The third-order valence-corrected chi connectivity index (χ3v) is 5.14. The van der Waals surface area contributed by atoms with Gasteiger partial charge in [-0.1, -0.05) is 51.8 Å². The Morgan fingerprint density at radius 1 is 1.15 bits per heavy atom. The molecule has 8 heteroatoms. The van der Waals surface area contributed by atoms with Gasteiger partial charge in [0, 0.05) is 15.7 Å². The van der Waals surface area contributed by atoms with E-state index in [9.17, 15) is 4.79 Å². The number of carbonyl (C=O) groups is 1. The molecule has 0 aliphatic heterocycles. The van der Waals surface area contributed by atoms with Crippen LogP contribution in [0.5, 0.6) is 0 Å². The molecule has 27 heavy (non-hydrogen) atoms. The van der Waals surface area contributed by atoms with E-state index >= 15 is 0 Å². The lowest BCUT2D eigenvalue weighted by molar-refractivity contribution is 0.0948. The zero-order valence-electron chi connectivity index (χ0n) is 14.3. The van der Waals surface area contributed by atoms with Crippen LogP contribution < -0.4 is 5.43 Å². The minimum atomic E-state index is -0.381. The van der Waals surface area contributed by atoms with Crippen LogP contribution in [0, 0.1) is 0 Å². The number of hydrogen-bond donors (Lipinski definition) is 1. The summed E-state index contributed by atoms with van der Waals surface area (Å²) in [6.45, 7) is 2.36. The topological polar surface area (TPSA) is 59.3 Å². The summed E-state index contributed by atoms with van der Waals surface area (Å²) in [5, 5.41) is 9.18. The van der Waals surface area contributed by atoms with Crippen molar-refractivity contribution in [2.24, 2.45) is 5.10 Å². The molecule has 0 unspecified atom stereocenters. The predicted molar refractivity (Wildman–Crippen MR) is 114 cm³/mol. The number of rotatable bonds is 5. The molecular weight excluding hydrogens is 495 g/mol. The molecule has 0 saturated carbocycles. The Labute approximate surface area is 178 Å². The van der Waals surface area contributed by atoms with Gasteiger partial charge in [0.25, 0.3) is 5.91 Å². The molecule has 1 heterocycles. The molecule has 0 aliphatic rings. The summed E-state index contributed by atoms with van der Waals surface area (Å²) in [7, 11) is 0. The molecular formula is C19H15Br2ClN4O. The summed E-state index contributed by atoms with van der Waals surface area (Å²) in [6.07, 6.45) is 1.76. The van der Waals surface area contributed by atoms with Crippen LogP contribution in [-0.2, 0) is 6.54 Å². The van der Waals surface area contributed by atoms with Crippen LogP contribution in [0.1, 0.15) is 28.5 Å². The quantitative estimate of drug-likeness (QED) is 0.376. The number of nitrogens with one attached hydrogen (secondary N) is 1. The number of amides is 1. The molecule has 0 saturated heterocycles. The second kappa shape index (κ2) is 8.82. The van der Waals surface area contributed by atoms with Crippen LogP contribution in [0.4, 0.5) is 0 Å². The van der Waals surface area contributed by atoms with E-state index in [1.807, 2.05) is 55.5 Å². The van der Waals surface area contributed by atoms with Crippen molar-refractivity contribution in [3.05, 3.63) is 85.5 Å². The lowest BCUT2D eigenvalue weighted by Gasteiger charge is -2.03. The zero-order chi connectivity index (χ0) is 19.4. The molecule has 1 aromatic heterocycles. The Kier molecular flexibility index (Phi) is 6.46. The molecule has 5 nitrogen and oxygen atoms in total. The Morgan fingerprint density at radius 3 is 2.48 bits per heavy atom. The van der Waals surface area contributed by atoms with Crippen molar-refractivity contribution < 1.29 is 4.79 Å². The highest BCUT2D eigenvalue weighted by molar-refractivity contribution is 9.10. The molecule has 0 aliphatic carbocycles. The number of carbonyl (C=O) groups excluding carboxylic acids is 1. The molecule has 3 rings (SSSR count). The van der Waals surface area contributed by atoms with E-state index in [2.05, 4.69) is 47.5 Å². The van der Waals surface area contributed by atoms with Gasteiger partial charge in [0.05, 0.1) is 16.7 Å². The first kappa shape index (κ1) is 19.8. The first-order valence-corrected chi connectivity index (χ1v) is 9.97. The molecule has 3 aromatic rings. The van der Waals surface area contributed by atoms with Gasteiger partial charge in [0.15, 0.2) is 5.69 Å². The number of aromatic nitrogens is 2. The van der Waals surface area contributed by atoms with Crippen molar-refractivity contribution in [3.8, 4) is 0 Å². The summed E-state index contributed by atoms with van der Waals surface area (Å²) in [5.41, 5.74) is 5.48. The van der Waals surface area contributed by atoms with E-state index in [-0.39, 0.29) is 11.6 Å². The highest BCUT2D eigenvalue weighted by atomic mass is 79.9. The molecule has 138 valence electrons. The number of hydrogen-bond acceptors (Lipinski definition) is 3. The SMILES string of the molecule is CC(=NNC(=O)c1nn(Cc2ccc(Cl)cc2)cc1Br)c1ccc(Br)cc1. The lowest BCUT2D eigenvalue weighted by atomic mass is 10.1. The van der Waals surface area contributed by atoms with Crippen LogP contribution in [0.15, 0.2) is 68.8 Å². The summed E-state index contributed by atoms with van der Waals surface area (Å²) < 4.78 is 3.27. The van der Waals surface area contributed by atoms with Crippen LogP contribution in [0.25, 0.3) is 0 Å². The number of benzene rings is 2. The fraction of sp³-hybridized carbons (Fsp3) is 0.105. The number of halogens is 3. The molecule has 0 bridgehead atoms. The molecule has 1 N–H and O–H groups in total. The zero-order valence-corrected chi connectivity index (χ0v) is 18.2. The van der Waals surface area contributed by atoms with Gasteiger partial charge in [0.1, 0.15) is 0 Å². The normalized spacial score (nSPS) is 11.5. The fourth-order valence-electron chi connectivity index (χ4n) is 2.35. The number of nitrogens with zero attached hydrogens (tertiary/aromatic N) is 3. The van der Waals surface area contributed by atoms with Crippen LogP contribution in [-0.4, -0.2) is 21.4 Å². The molecule has 0 spiro atoms. The second-order valence-electron chi connectivity index (χ2n) is 5.79. The Hall–Kier alpha value is -1.96. The van der Waals surface area contributed by atoms with Gasteiger partial charge in [-0.05, 0) is 58.2 Å². The van der Waals surface area contributed by atoms with Crippen molar-refractivity contribution in [2.75, 3.05) is 0 Å². The first-order chi connectivity index (χ1) is 12.9. The average molecular weight is 511 g/mol. The minimum absolute atomic E-state index is 0.274. The maximum Gasteiger partial charge on any atom is 0.293 e. The maximum atomic E-state index is 12.4. The van der Waals surface area contributed by atoms with Crippen molar-refractivity contribution in [1.82, 2.24) is 15.2 Å². The van der Waals surface area contributed by atoms with E-state index < -0.39 is 0 Å². The standard InChI is InChI=1S/C19H15Br2ClN4O/c1-12(14-4-6-15(20)7-5-14)23-24-19(27)18-17(21)11-26(25-18)10-13-2-8-16(22)9-3-13/h2-9,11H,10H2,1H3,(H,24,27). The maximum absolute atomic E-state index is 12.4. The number of hydrazone groups is 1. The second-order valence-corrected chi connectivity index (χ2v) is 8.00. The molecule has 2 aromatic carbocycles. The minimum Gasteiger partial charge on any atom is -0.266 e. The van der Waals surface area contributed by atoms with Gasteiger partial charge in [-0.3, -0.25) is 9.48 Å². The average Bonchev–Trinajstić information content (AvgIpc) is 3.02. The van der Waals surface area contributed by atoms with E-state index in [4.69, 9.17) is 11.6 Å². The molecule has 0 fully saturated rings. The van der Waals surface area contributed by atoms with Crippen molar-refractivity contribution in [2.45, 2.75) is 13.5 Å². The van der Waals surface area contributed by atoms with Gasteiger partial charge in [0.2, 0.25) is 0 Å². The monoisotopic (exact) mass is 508 g/mol. The van der Waals surface area contributed by atoms with E-state index in [1.54, 1.807) is 10.9 Å². The third kappa shape index (κ3) is 5.28. The predicted octanol–water partition coefficient (Wildman–Crippen LogP) is 5.26. The Morgan fingerprint density at radius 2 is 1.81 bits per heavy atom. The summed E-state index contributed by atoms with van der Waals surface area (Å²) in [4.78, 5) is 12.4. The Bertz CT molecular complexity index is 982. The van der Waals surface area contributed by atoms with Crippen molar-refractivity contribution in [3.63, 3.8) is 0 Å². The van der Waals surface area contributed by atoms with Gasteiger partial charge >= 0.3 is 0 Å². The first-order valence-electron chi connectivity index (χ1n) is 8.00. The summed E-state index contributed by atoms with van der Waals surface area (Å²) in [6, 6.07) is 15.2. The van der Waals surface area contributed by atoms with Gasteiger partial charge < -0.3 is 0 Å². The molecule has 0 radical (unpaired) electrons. The van der Waals surface area contributed by atoms with Crippen molar-refractivity contribution >= 4 is 55.1 Å². The summed E-state index contributed by atoms with van der Waals surface area (Å²) >= 11 is 12.7. The van der Waals surface area contributed by atoms with E-state index in [0.29, 0.717) is 21.8 Å². The smallest absolute Gasteiger partial charge is 0.266 e. The highest BCUT2D eigenvalue weighted by Gasteiger charge is 2.15. The lowest BCUT2D eigenvalue weighted by Crippen LogP contribution is -2.20. The van der Waals surface area contributed by atoms with E-state index in [0.717, 1.165) is 15.6 Å². The Balaban J connectivity index is 1.69. The van der Waals surface area contributed by atoms with Gasteiger partial charge in [-0.25, -0.2) is 5.43 Å². The third-order valence-electron chi connectivity index (χ3n) is 3.78.